The van der Waals surface area contributed by atoms with Crippen molar-refractivity contribution in [1.29, 1.82) is 0 Å². The number of hydrogen-bond donors (Lipinski definition) is 3. The van der Waals surface area contributed by atoms with Crippen molar-refractivity contribution in [2.45, 2.75) is 11.4 Å². The fourth-order valence-corrected chi connectivity index (χ4v) is 3.58. The third-order valence-electron chi connectivity index (χ3n) is 3.74. The summed E-state index contributed by atoms with van der Waals surface area (Å²) in [4.78, 5) is 18.0. The number of primary amides is 1. The standard InChI is InChI=1S/C17H17FN4O2S/c1-25(24,22-7-6-16(19)23)17-5-2-11(9-21-17)14-10-20-15-8-12(18)3-4-13(14)15/h2-5,8-10,20H,1,6-7H2,(H2,19,23)(H,22,24). The van der Waals surface area contributed by atoms with Gasteiger partial charge in [0.15, 0.2) is 0 Å². The Bertz CT molecular complexity index is 1030. The molecule has 25 heavy (non-hydrogen) atoms. The molecule has 1 amide bonds. The van der Waals surface area contributed by atoms with E-state index >= 15 is 0 Å². The number of nitrogens with two attached hydrogens (primary N) is 1. The van der Waals surface area contributed by atoms with Gasteiger partial charge in [-0.05, 0) is 36.2 Å². The predicted octanol–water partition coefficient (Wildman–Crippen LogP) is 1.82. The van der Waals surface area contributed by atoms with Gasteiger partial charge in [-0.15, -0.1) is 0 Å². The highest BCUT2D eigenvalue weighted by Crippen LogP contribution is 2.28. The third-order valence-corrected chi connectivity index (χ3v) is 5.32. The zero-order valence-electron chi connectivity index (χ0n) is 13.3. The van der Waals surface area contributed by atoms with Crippen LogP contribution in [0.15, 0.2) is 47.8 Å². The summed E-state index contributed by atoms with van der Waals surface area (Å²) < 4.78 is 28.5. The second kappa shape index (κ2) is 6.66. The molecule has 3 aromatic rings. The van der Waals surface area contributed by atoms with Crippen LogP contribution in [0.1, 0.15) is 6.42 Å². The van der Waals surface area contributed by atoms with E-state index in [0.717, 1.165) is 16.5 Å². The van der Waals surface area contributed by atoms with Crippen LogP contribution in [0.3, 0.4) is 0 Å². The number of rotatable bonds is 6. The van der Waals surface area contributed by atoms with Crippen LogP contribution in [0.2, 0.25) is 0 Å². The van der Waals surface area contributed by atoms with E-state index in [1.54, 1.807) is 30.6 Å². The number of amides is 1. The lowest BCUT2D eigenvalue weighted by molar-refractivity contribution is -0.117. The summed E-state index contributed by atoms with van der Waals surface area (Å²) in [6.45, 7) is 0.162. The normalized spacial score (nSPS) is 13.6. The summed E-state index contributed by atoms with van der Waals surface area (Å²) >= 11 is 0. The summed E-state index contributed by atoms with van der Waals surface area (Å²) in [6, 6.07) is 7.90. The van der Waals surface area contributed by atoms with Crippen molar-refractivity contribution in [3.8, 4) is 11.1 Å². The van der Waals surface area contributed by atoms with Gasteiger partial charge in [-0.2, -0.15) is 0 Å². The van der Waals surface area contributed by atoms with Gasteiger partial charge in [0.05, 0.1) is 9.71 Å². The Labute approximate surface area is 144 Å². The number of nitrogens with one attached hydrogen (secondary N) is 2. The van der Waals surface area contributed by atoms with E-state index in [4.69, 9.17) is 5.73 Å². The average Bonchev–Trinajstić information content (AvgIpc) is 2.97. The van der Waals surface area contributed by atoms with Gasteiger partial charge < -0.3 is 10.7 Å². The Morgan fingerprint density at radius 3 is 2.84 bits per heavy atom. The lowest BCUT2D eigenvalue weighted by Crippen LogP contribution is -2.28. The first-order chi connectivity index (χ1) is 11.9. The molecule has 6 nitrogen and oxygen atoms in total. The predicted molar refractivity (Wildman–Crippen MR) is 96.8 cm³/mol. The highest BCUT2D eigenvalue weighted by atomic mass is 32.2. The van der Waals surface area contributed by atoms with Gasteiger partial charge in [-0.25, -0.2) is 18.3 Å². The van der Waals surface area contributed by atoms with Gasteiger partial charge in [-0.1, -0.05) is 0 Å². The number of halogens is 1. The summed E-state index contributed by atoms with van der Waals surface area (Å²) in [7, 11) is -2.82. The van der Waals surface area contributed by atoms with Crippen LogP contribution >= 0.6 is 0 Å². The van der Waals surface area contributed by atoms with Crippen LogP contribution in [0, 0.1) is 5.82 Å². The maximum absolute atomic E-state index is 13.3. The lowest BCUT2D eigenvalue weighted by Gasteiger charge is -2.10. The molecule has 2 aromatic heterocycles. The minimum absolute atomic E-state index is 0.0660. The van der Waals surface area contributed by atoms with E-state index in [0.29, 0.717) is 5.52 Å². The molecule has 130 valence electrons. The van der Waals surface area contributed by atoms with Gasteiger partial charge in [-0.3, -0.25) is 4.79 Å². The van der Waals surface area contributed by atoms with Crippen LogP contribution in [0.5, 0.6) is 0 Å². The second-order valence-electron chi connectivity index (χ2n) is 5.56. The fourth-order valence-electron chi connectivity index (χ4n) is 2.48. The summed E-state index contributed by atoms with van der Waals surface area (Å²) in [5.74, 6) is 2.85. The van der Waals surface area contributed by atoms with Crippen LogP contribution in [-0.4, -0.2) is 32.5 Å². The molecule has 0 aliphatic heterocycles. The van der Waals surface area contributed by atoms with E-state index in [2.05, 4.69) is 20.6 Å². The number of aromatic nitrogens is 2. The molecule has 0 saturated carbocycles. The number of pyridine rings is 1. The summed E-state index contributed by atoms with van der Waals surface area (Å²) in [5, 5.41) is 1.15. The summed E-state index contributed by atoms with van der Waals surface area (Å²) in [6.07, 6.45) is 3.42. The van der Waals surface area contributed by atoms with Crippen molar-refractivity contribution in [3.05, 3.63) is 48.5 Å². The van der Waals surface area contributed by atoms with Gasteiger partial charge >= 0.3 is 0 Å². The molecule has 1 atom stereocenters. The number of benzene rings is 1. The largest absolute Gasteiger partial charge is 0.370 e. The monoisotopic (exact) mass is 360 g/mol. The topological polar surface area (TPSA) is 101 Å². The molecule has 8 heteroatoms. The van der Waals surface area contributed by atoms with Gasteiger partial charge in [0.1, 0.15) is 10.8 Å². The van der Waals surface area contributed by atoms with Crippen LogP contribution < -0.4 is 10.5 Å². The molecule has 0 fully saturated rings. The maximum atomic E-state index is 13.3. The molecule has 2 heterocycles. The van der Waals surface area contributed by atoms with Crippen molar-refractivity contribution >= 4 is 32.4 Å². The fraction of sp³-hybridized carbons (Fsp3) is 0.118. The quantitative estimate of drug-likeness (QED) is 0.585. The van der Waals surface area contributed by atoms with Crippen LogP contribution in [-0.2, 0) is 14.5 Å². The average molecular weight is 360 g/mol. The number of H-pyrrole nitrogens is 1. The van der Waals surface area contributed by atoms with E-state index in [1.807, 2.05) is 0 Å². The molecule has 0 aliphatic carbocycles. The van der Waals surface area contributed by atoms with Crippen molar-refractivity contribution in [3.63, 3.8) is 0 Å². The molecule has 0 bridgehead atoms. The number of fused-ring (bicyclic) bond motifs is 1. The number of carbonyl (C=O) groups excluding carboxylic acids is 1. The minimum Gasteiger partial charge on any atom is -0.370 e. The summed E-state index contributed by atoms with van der Waals surface area (Å²) in [5.41, 5.74) is 7.41. The second-order valence-corrected chi connectivity index (χ2v) is 7.62. The zero-order valence-corrected chi connectivity index (χ0v) is 14.1. The van der Waals surface area contributed by atoms with Crippen molar-refractivity contribution in [2.75, 3.05) is 6.54 Å². The molecular formula is C17H17FN4O2S. The van der Waals surface area contributed by atoms with E-state index in [-0.39, 0.29) is 23.8 Å². The Hall–Kier alpha value is -2.71. The lowest BCUT2D eigenvalue weighted by atomic mass is 10.1. The number of carbonyl (C=O) groups is 1. The number of hydrogen-bond acceptors (Lipinski definition) is 3. The van der Waals surface area contributed by atoms with E-state index in [9.17, 15) is 13.4 Å². The Balaban J connectivity index is 1.85. The molecule has 0 spiro atoms. The highest BCUT2D eigenvalue weighted by molar-refractivity contribution is 7.98. The third kappa shape index (κ3) is 3.70. The van der Waals surface area contributed by atoms with Crippen molar-refractivity contribution in [2.24, 2.45) is 5.73 Å². The Kier molecular flexibility index (Phi) is 4.56. The molecular weight excluding hydrogens is 343 g/mol. The first-order valence-electron chi connectivity index (χ1n) is 7.50. The minimum atomic E-state index is -2.82. The van der Waals surface area contributed by atoms with Crippen LogP contribution in [0.4, 0.5) is 4.39 Å². The smallest absolute Gasteiger partial charge is 0.218 e. The first-order valence-corrected chi connectivity index (χ1v) is 9.23. The van der Waals surface area contributed by atoms with Crippen molar-refractivity contribution in [1.82, 2.24) is 14.7 Å². The highest BCUT2D eigenvalue weighted by Gasteiger charge is 2.12. The van der Waals surface area contributed by atoms with E-state index in [1.165, 1.54) is 12.1 Å². The first kappa shape index (κ1) is 17.1. The molecule has 1 unspecified atom stereocenters. The Morgan fingerprint density at radius 1 is 1.36 bits per heavy atom. The molecule has 0 aliphatic rings. The van der Waals surface area contributed by atoms with E-state index < -0.39 is 15.6 Å². The maximum Gasteiger partial charge on any atom is 0.218 e. The molecule has 1 aromatic carbocycles. The molecule has 0 saturated heterocycles. The van der Waals surface area contributed by atoms with Crippen molar-refractivity contribution < 1.29 is 13.4 Å². The molecule has 4 N–H and O–H groups in total. The number of nitrogens with zero attached hydrogens (tertiary/aromatic N) is 1. The van der Waals surface area contributed by atoms with Gasteiger partial charge in [0.2, 0.25) is 5.91 Å². The zero-order chi connectivity index (χ0) is 18.0. The number of aromatic amines is 1. The van der Waals surface area contributed by atoms with Gasteiger partial charge in [0.25, 0.3) is 0 Å². The molecule has 3 rings (SSSR count). The van der Waals surface area contributed by atoms with Crippen LogP contribution in [0.25, 0.3) is 22.0 Å². The Morgan fingerprint density at radius 2 is 2.16 bits per heavy atom. The van der Waals surface area contributed by atoms with Gasteiger partial charge in [0, 0.05) is 47.4 Å². The SMILES string of the molecule is C=S(=O)(NCCC(N)=O)c1ccc(-c2c[nH]c3cc(F)ccc23)cn1. The molecule has 0 radical (unpaired) electrons.